The van der Waals surface area contributed by atoms with E-state index in [9.17, 15) is 4.39 Å². The van der Waals surface area contributed by atoms with Crippen molar-refractivity contribution in [3.05, 3.63) is 70.5 Å². The van der Waals surface area contributed by atoms with E-state index in [0.29, 0.717) is 5.92 Å². The van der Waals surface area contributed by atoms with Crippen LogP contribution in [-0.4, -0.2) is 30.6 Å². The third kappa shape index (κ3) is 2.80. The molecule has 2 saturated heterocycles. The van der Waals surface area contributed by atoms with Gasteiger partial charge < -0.3 is 9.64 Å². The molecular weight excluding hydrogens is 313 g/mol. The summed E-state index contributed by atoms with van der Waals surface area (Å²) in [7, 11) is 0. The molecule has 3 atom stereocenters. The van der Waals surface area contributed by atoms with E-state index in [-0.39, 0.29) is 18.0 Å². The molecule has 130 valence electrons. The van der Waals surface area contributed by atoms with Gasteiger partial charge in [-0.05, 0) is 73.2 Å². The quantitative estimate of drug-likeness (QED) is 0.803. The van der Waals surface area contributed by atoms with E-state index < -0.39 is 0 Å². The molecule has 2 aromatic rings. The summed E-state index contributed by atoms with van der Waals surface area (Å²) < 4.78 is 20.5. The molecule has 2 aromatic carbocycles. The van der Waals surface area contributed by atoms with Gasteiger partial charge in [-0.2, -0.15) is 0 Å². The second-order valence-corrected chi connectivity index (χ2v) is 7.75. The Hall–Kier alpha value is -1.71. The maximum absolute atomic E-state index is 14.0. The summed E-state index contributed by atoms with van der Waals surface area (Å²) in [6, 6.07) is 13.9. The summed E-state index contributed by atoms with van der Waals surface area (Å²) >= 11 is 0. The highest BCUT2D eigenvalue weighted by Crippen LogP contribution is 2.49. The van der Waals surface area contributed by atoms with Gasteiger partial charge in [0.2, 0.25) is 0 Å². The molecule has 25 heavy (non-hydrogen) atoms. The van der Waals surface area contributed by atoms with Crippen LogP contribution in [0, 0.1) is 5.82 Å². The van der Waals surface area contributed by atoms with Crippen LogP contribution in [0.15, 0.2) is 42.5 Å². The van der Waals surface area contributed by atoms with Crippen molar-refractivity contribution in [3.63, 3.8) is 0 Å². The lowest BCUT2D eigenvalue weighted by Gasteiger charge is -2.21. The molecule has 0 aromatic heterocycles. The molecule has 2 fully saturated rings. The zero-order valence-electron chi connectivity index (χ0n) is 14.5. The highest BCUT2D eigenvalue weighted by atomic mass is 19.1. The van der Waals surface area contributed by atoms with Crippen molar-refractivity contribution in [2.24, 2.45) is 0 Å². The van der Waals surface area contributed by atoms with Crippen molar-refractivity contribution in [1.29, 1.82) is 0 Å². The van der Waals surface area contributed by atoms with Crippen LogP contribution in [0.25, 0.3) is 0 Å². The predicted molar refractivity (Wildman–Crippen MR) is 96.3 cm³/mol. The van der Waals surface area contributed by atoms with Crippen LogP contribution in [0.2, 0.25) is 0 Å². The van der Waals surface area contributed by atoms with Crippen LogP contribution < -0.4 is 0 Å². The lowest BCUT2D eigenvalue weighted by atomic mass is 9.87. The summed E-state index contributed by atoms with van der Waals surface area (Å²) in [4.78, 5) is 2.52. The first kappa shape index (κ1) is 15.5. The minimum Gasteiger partial charge on any atom is -0.368 e. The molecule has 0 saturated carbocycles. The van der Waals surface area contributed by atoms with Gasteiger partial charge in [-0.3, -0.25) is 0 Å². The second kappa shape index (κ2) is 6.22. The molecule has 0 amide bonds. The molecule has 0 N–H and O–H groups in total. The van der Waals surface area contributed by atoms with Crippen LogP contribution in [0.4, 0.5) is 4.39 Å². The van der Waals surface area contributed by atoms with Gasteiger partial charge in [0.15, 0.2) is 0 Å². The van der Waals surface area contributed by atoms with E-state index in [1.54, 1.807) is 12.1 Å². The van der Waals surface area contributed by atoms with Gasteiger partial charge in [0.1, 0.15) is 5.82 Å². The Morgan fingerprint density at radius 3 is 2.68 bits per heavy atom. The molecule has 2 heterocycles. The number of nitrogens with zero attached hydrogens (tertiary/aromatic N) is 1. The first-order chi connectivity index (χ1) is 12.3. The number of likely N-dealkylation sites (tertiary alicyclic amines) is 1. The summed E-state index contributed by atoms with van der Waals surface area (Å²) in [6.07, 6.45) is 4.75. The Balaban J connectivity index is 1.52. The van der Waals surface area contributed by atoms with E-state index in [4.69, 9.17) is 4.74 Å². The lowest BCUT2D eigenvalue weighted by Crippen LogP contribution is -2.29. The molecule has 3 heteroatoms. The third-order valence-corrected chi connectivity index (χ3v) is 6.13. The predicted octanol–water partition coefficient (Wildman–Crippen LogP) is 4.44. The largest absolute Gasteiger partial charge is 0.368 e. The summed E-state index contributed by atoms with van der Waals surface area (Å²) in [6.45, 7) is 3.40. The highest BCUT2D eigenvalue weighted by Gasteiger charge is 2.41. The summed E-state index contributed by atoms with van der Waals surface area (Å²) in [5.41, 5.74) is 5.04. The fourth-order valence-corrected chi connectivity index (χ4v) is 4.97. The summed E-state index contributed by atoms with van der Waals surface area (Å²) in [5.74, 6) is 0.182. The minimum absolute atomic E-state index is 0.0121. The van der Waals surface area contributed by atoms with Gasteiger partial charge in [-0.1, -0.05) is 30.3 Å². The maximum atomic E-state index is 14.0. The van der Waals surface area contributed by atoms with E-state index in [1.165, 1.54) is 42.6 Å². The normalized spacial score (nSPS) is 28.3. The Morgan fingerprint density at radius 2 is 1.80 bits per heavy atom. The topological polar surface area (TPSA) is 12.5 Å². The molecule has 3 aliphatic rings. The Bertz CT molecular complexity index is 783. The van der Waals surface area contributed by atoms with Crippen molar-refractivity contribution < 1.29 is 9.13 Å². The van der Waals surface area contributed by atoms with Crippen LogP contribution in [-0.2, 0) is 11.2 Å². The molecule has 5 rings (SSSR count). The first-order valence-corrected chi connectivity index (χ1v) is 9.52. The maximum Gasteiger partial charge on any atom is 0.123 e. The van der Waals surface area contributed by atoms with Crippen LogP contribution in [0.5, 0.6) is 0 Å². The number of halogens is 1. The first-order valence-electron chi connectivity index (χ1n) is 9.52. The average molecular weight is 337 g/mol. The van der Waals surface area contributed by atoms with Gasteiger partial charge >= 0.3 is 0 Å². The molecule has 2 aliphatic heterocycles. The lowest BCUT2D eigenvalue weighted by molar-refractivity contribution is 0.0230. The Morgan fingerprint density at radius 1 is 1.00 bits per heavy atom. The fraction of sp³-hybridized carbons (Fsp3) is 0.455. The second-order valence-electron chi connectivity index (χ2n) is 7.75. The Labute approximate surface area is 148 Å². The standard InChI is InChI=1S/C22H24FNO/c23-17-8-7-16-11-15-5-1-2-6-19(15)21-13-18(14-24-9-3-4-10-24)25-22(21)20(16)12-17/h1-2,5-8,12,18,21-22H,3-4,9-11,13-14H2. The van der Waals surface area contributed by atoms with E-state index in [1.807, 2.05) is 6.07 Å². The molecule has 1 aliphatic carbocycles. The van der Waals surface area contributed by atoms with E-state index in [2.05, 4.69) is 29.2 Å². The van der Waals surface area contributed by atoms with Gasteiger partial charge in [0.25, 0.3) is 0 Å². The fourth-order valence-electron chi connectivity index (χ4n) is 4.97. The molecule has 2 nitrogen and oxygen atoms in total. The van der Waals surface area contributed by atoms with Crippen LogP contribution >= 0.6 is 0 Å². The number of ether oxygens (including phenoxy) is 1. The van der Waals surface area contributed by atoms with Gasteiger partial charge in [-0.25, -0.2) is 4.39 Å². The third-order valence-electron chi connectivity index (χ3n) is 6.13. The van der Waals surface area contributed by atoms with Gasteiger partial charge in [0, 0.05) is 12.5 Å². The molecule has 3 unspecified atom stereocenters. The number of benzene rings is 2. The highest BCUT2D eigenvalue weighted by molar-refractivity contribution is 5.45. The average Bonchev–Trinajstić information content (AvgIpc) is 3.25. The van der Waals surface area contributed by atoms with Crippen LogP contribution in [0.3, 0.4) is 0 Å². The van der Waals surface area contributed by atoms with Crippen LogP contribution in [0.1, 0.15) is 53.5 Å². The molecule has 0 bridgehead atoms. The van der Waals surface area contributed by atoms with Crippen molar-refractivity contribution in [2.75, 3.05) is 19.6 Å². The molecule has 0 spiro atoms. The van der Waals surface area contributed by atoms with Gasteiger partial charge in [-0.15, -0.1) is 0 Å². The van der Waals surface area contributed by atoms with Crippen molar-refractivity contribution in [1.82, 2.24) is 4.90 Å². The SMILES string of the molecule is Fc1ccc2c(c1)C1OC(CN3CCCC3)CC1c1ccccc1C2. The number of hydrogen-bond donors (Lipinski definition) is 0. The van der Waals surface area contributed by atoms with Crippen molar-refractivity contribution in [3.8, 4) is 0 Å². The zero-order valence-corrected chi connectivity index (χ0v) is 14.5. The van der Waals surface area contributed by atoms with Gasteiger partial charge in [0.05, 0.1) is 12.2 Å². The summed E-state index contributed by atoms with van der Waals surface area (Å²) in [5, 5.41) is 0. The van der Waals surface area contributed by atoms with E-state index in [0.717, 1.165) is 24.9 Å². The van der Waals surface area contributed by atoms with Crippen molar-refractivity contribution in [2.45, 2.75) is 43.8 Å². The zero-order chi connectivity index (χ0) is 16.8. The van der Waals surface area contributed by atoms with E-state index >= 15 is 0 Å². The Kier molecular flexibility index (Phi) is 3.87. The number of hydrogen-bond acceptors (Lipinski definition) is 2. The minimum atomic E-state index is -0.157. The number of fused-ring (bicyclic) bond motifs is 5. The molecular formula is C22H24FNO. The molecule has 0 radical (unpaired) electrons. The smallest absolute Gasteiger partial charge is 0.123 e. The monoisotopic (exact) mass is 337 g/mol. The van der Waals surface area contributed by atoms with Crippen molar-refractivity contribution >= 4 is 0 Å². The number of rotatable bonds is 2.